The number of aryl methyl sites for hydroxylation is 1. The molecule has 0 aliphatic heterocycles. The molecule has 0 saturated carbocycles. The van der Waals surface area contributed by atoms with Crippen molar-refractivity contribution in [2.75, 3.05) is 0 Å². The quantitative estimate of drug-likeness (QED) is 0.684. The van der Waals surface area contributed by atoms with E-state index in [4.69, 9.17) is 5.11 Å². The van der Waals surface area contributed by atoms with E-state index in [1.165, 1.54) is 0 Å². The number of carboxylic acid groups (broad SMARTS) is 1. The SMILES string of the molecule is Cc1cccc(C(=O)O)c1C.O. The monoisotopic (exact) mass is 168 g/mol. The first kappa shape index (κ1) is 10.7. The molecule has 12 heavy (non-hydrogen) atoms. The van der Waals surface area contributed by atoms with Gasteiger partial charge in [-0.15, -0.1) is 0 Å². The van der Waals surface area contributed by atoms with Crippen molar-refractivity contribution >= 4 is 5.97 Å². The summed E-state index contributed by atoms with van der Waals surface area (Å²) in [6.45, 7) is 3.72. The third kappa shape index (κ3) is 1.83. The topological polar surface area (TPSA) is 68.8 Å². The Labute approximate surface area is 71.0 Å². The average Bonchev–Trinajstić information content (AvgIpc) is 1.94. The third-order valence-electron chi connectivity index (χ3n) is 1.84. The molecule has 0 aromatic heterocycles. The van der Waals surface area contributed by atoms with Gasteiger partial charge in [-0.3, -0.25) is 0 Å². The molecule has 0 spiro atoms. The summed E-state index contributed by atoms with van der Waals surface area (Å²) in [7, 11) is 0. The summed E-state index contributed by atoms with van der Waals surface area (Å²) >= 11 is 0. The molecule has 3 N–H and O–H groups in total. The van der Waals surface area contributed by atoms with Crippen LogP contribution in [0.4, 0.5) is 0 Å². The van der Waals surface area contributed by atoms with E-state index in [0.29, 0.717) is 5.56 Å². The van der Waals surface area contributed by atoms with Crippen LogP contribution in [0.3, 0.4) is 0 Å². The normalized spacial score (nSPS) is 8.83. The van der Waals surface area contributed by atoms with Gasteiger partial charge >= 0.3 is 5.97 Å². The van der Waals surface area contributed by atoms with Crippen molar-refractivity contribution in [1.82, 2.24) is 0 Å². The molecule has 0 amide bonds. The zero-order valence-electron chi connectivity index (χ0n) is 7.09. The van der Waals surface area contributed by atoms with E-state index in [2.05, 4.69) is 0 Å². The van der Waals surface area contributed by atoms with Gasteiger partial charge in [-0.2, -0.15) is 0 Å². The van der Waals surface area contributed by atoms with Crippen molar-refractivity contribution in [3.05, 3.63) is 34.9 Å². The third-order valence-corrected chi connectivity index (χ3v) is 1.84. The molecule has 3 nitrogen and oxygen atoms in total. The van der Waals surface area contributed by atoms with E-state index in [1.807, 2.05) is 19.9 Å². The summed E-state index contributed by atoms with van der Waals surface area (Å²) in [4.78, 5) is 10.6. The molecule has 1 aromatic carbocycles. The van der Waals surface area contributed by atoms with Gasteiger partial charge in [-0.25, -0.2) is 4.79 Å². The number of carbonyl (C=O) groups is 1. The first-order valence-corrected chi connectivity index (χ1v) is 3.42. The summed E-state index contributed by atoms with van der Waals surface area (Å²) in [5.74, 6) is -0.855. The molecule has 3 heteroatoms. The van der Waals surface area contributed by atoms with Crippen molar-refractivity contribution in [2.45, 2.75) is 13.8 Å². The Morgan fingerprint density at radius 2 is 1.92 bits per heavy atom. The predicted molar refractivity (Wildman–Crippen MR) is 46.5 cm³/mol. The Hall–Kier alpha value is -1.35. The first-order chi connectivity index (χ1) is 5.13. The molecule has 0 bridgehead atoms. The van der Waals surface area contributed by atoms with Crippen LogP contribution in [-0.2, 0) is 0 Å². The predicted octanol–water partition coefficient (Wildman–Crippen LogP) is 1.18. The summed E-state index contributed by atoms with van der Waals surface area (Å²) in [6, 6.07) is 5.28. The Morgan fingerprint density at radius 3 is 2.33 bits per heavy atom. The molecular formula is C9H12O3. The zero-order valence-corrected chi connectivity index (χ0v) is 7.09. The zero-order chi connectivity index (χ0) is 8.43. The smallest absolute Gasteiger partial charge is 0.335 e. The van der Waals surface area contributed by atoms with E-state index >= 15 is 0 Å². The van der Waals surface area contributed by atoms with Crippen LogP contribution in [0.1, 0.15) is 21.5 Å². The minimum atomic E-state index is -0.855. The van der Waals surface area contributed by atoms with Gasteiger partial charge in [0.2, 0.25) is 0 Å². The van der Waals surface area contributed by atoms with Gasteiger partial charge in [0.25, 0.3) is 0 Å². The van der Waals surface area contributed by atoms with Crippen LogP contribution in [0.15, 0.2) is 18.2 Å². The van der Waals surface area contributed by atoms with Gasteiger partial charge in [0.15, 0.2) is 0 Å². The molecule has 0 radical (unpaired) electrons. The number of carboxylic acids is 1. The lowest BCUT2D eigenvalue weighted by Gasteiger charge is -2.02. The van der Waals surface area contributed by atoms with Gasteiger partial charge in [-0.05, 0) is 31.0 Å². The molecule has 1 rings (SSSR count). The maximum absolute atomic E-state index is 10.6. The van der Waals surface area contributed by atoms with Gasteiger partial charge in [0.1, 0.15) is 0 Å². The fourth-order valence-corrected chi connectivity index (χ4v) is 0.983. The van der Waals surface area contributed by atoms with Crippen LogP contribution in [0.5, 0.6) is 0 Å². The number of hydrogen-bond donors (Lipinski definition) is 1. The minimum absolute atomic E-state index is 0. The molecule has 0 unspecified atom stereocenters. The number of benzene rings is 1. The molecule has 1 aromatic rings. The average molecular weight is 168 g/mol. The molecular weight excluding hydrogens is 156 g/mol. The highest BCUT2D eigenvalue weighted by Gasteiger charge is 2.06. The van der Waals surface area contributed by atoms with E-state index < -0.39 is 5.97 Å². The van der Waals surface area contributed by atoms with E-state index in [0.717, 1.165) is 11.1 Å². The van der Waals surface area contributed by atoms with Gasteiger partial charge in [-0.1, -0.05) is 12.1 Å². The van der Waals surface area contributed by atoms with Crippen LogP contribution in [0.25, 0.3) is 0 Å². The first-order valence-electron chi connectivity index (χ1n) is 3.42. The maximum atomic E-state index is 10.6. The van der Waals surface area contributed by atoms with Crippen LogP contribution >= 0.6 is 0 Å². The Kier molecular flexibility index (Phi) is 3.44. The second kappa shape index (κ2) is 3.88. The van der Waals surface area contributed by atoms with Crippen molar-refractivity contribution in [2.24, 2.45) is 0 Å². The van der Waals surface area contributed by atoms with Crippen molar-refractivity contribution in [1.29, 1.82) is 0 Å². The minimum Gasteiger partial charge on any atom is -0.478 e. The summed E-state index contributed by atoms with van der Waals surface area (Å²) in [5, 5.41) is 8.69. The van der Waals surface area contributed by atoms with E-state index in [-0.39, 0.29) is 5.48 Å². The highest BCUT2D eigenvalue weighted by Crippen LogP contribution is 2.11. The molecule has 0 saturated heterocycles. The van der Waals surface area contributed by atoms with Crippen LogP contribution in [0, 0.1) is 13.8 Å². The molecule has 0 aliphatic rings. The van der Waals surface area contributed by atoms with Crippen LogP contribution in [0.2, 0.25) is 0 Å². The van der Waals surface area contributed by atoms with Crippen LogP contribution in [-0.4, -0.2) is 16.6 Å². The number of aromatic carboxylic acids is 1. The molecule has 0 fully saturated rings. The lowest BCUT2D eigenvalue weighted by atomic mass is 10.0. The molecule has 0 atom stereocenters. The fourth-order valence-electron chi connectivity index (χ4n) is 0.983. The van der Waals surface area contributed by atoms with E-state index in [9.17, 15) is 4.79 Å². The van der Waals surface area contributed by atoms with Crippen molar-refractivity contribution in [3.8, 4) is 0 Å². The fraction of sp³-hybridized carbons (Fsp3) is 0.222. The Morgan fingerprint density at radius 1 is 1.33 bits per heavy atom. The van der Waals surface area contributed by atoms with Gasteiger partial charge in [0, 0.05) is 0 Å². The van der Waals surface area contributed by atoms with Gasteiger partial charge in [0.05, 0.1) is 5.56 Å². The standard InChI is InChI=1S/C9H10O2.H2O/c1-6-4-3-5-8(7(6)2)9(10)11;/h3-5H,1-2H3,(H,10,11);1H2. The van der Waals surface area contributed by atoms with Crippen molar-refractivity contribution < 1.29 is 15.4 Å². The van der Waals surface area contributed by atoms with Crippen molar-refractivity contribution in [3.63, 3.8) is 0 Å². The maximum Gasteiger partial charge on any atom is 0.335 e. The number of hydrogen-bond acceptors (Lipinski definition) is 1. The second-order valence-electron chi connectivity index (χ2n) is 2.55. The molecule has 0 heterocycles. The Bertz CT molecular complexity index is 292. The summed E-state index contributed by atoms with van der Waals surface area (Å²) in [6.07, 6.45) is 0. The second-order valence-corrected chi connectivity index (χ2v) is 2.55. The summed E-state index contributed by atoms with van der Waals surface area (Å²) < 4.78 is 0. The highest BCUT2D eigenvalue weighted by atomic mass is 16.4. The Balaban J connectivity index is 0.00000121. The lowest BCUT2D eigenvalue weighted by molar-refractivity contribution is 0.0696. The van der Waals surface area contributed by atoms with Gasteiger partial charge < -0.3 is 10.6 Å². The summed E-state index contributed by atoms with van der Waals surface area (Å²) in [5.41, 5.74) is 2.26. The number of rotatable bonds is 1. The molecule has 66 valence electrons. The lowest BCUT2D eigenvalue weighted by Crippen LogP contribution is -2.00. The van der Waals surface area contributed by atoms with Crippen LogP contribution < -0.4 is 0 Å². The molecule has 0 aliphatic carbocycles. The van der Waals surface area contributed by atoms with E-state index in [1.54, 1.807) is 12.1 Å². The highest BCUT2D eigenvalue weighted by molar-refractivity contribution is 5.89. The largest absolute Gasteiger partial charge is 0.478 e.